The molecule has 0 aromatic heterocycles. The normalized spacial score (nSPS) is 16.4. The van der Waals surface area contributed by atoms with Crippen molar-refractivity contribution in [3.05, 3.63) is 0 Å². The van der Waals surface area contributed by atoms with E-state index in [9.17, 15) is 0 Å². The molecule has 3 nitrogen and oxygen atoms in total. The van der Waals surface area contributed by atoms with Gasteiger partial charge in [0.25, 0.3) is 0 Å². The lowest BCUT2D eigenvalue weighted by Crippen LogP contribution is -2.51. The maximum atomic E-state index is 5.86. The summed E-state index contributed by atoms with van der Waals surface area (Å²) in [5.74, 6) is 0.625. The number of nitrogens with zero attached hydrogens (tertiary/aromatic N) is 2. The molecule has 0 rings (SSSR count). The molecule has 2 N–H and O–H groups in total. The van der Waals surface area contributed by atoms with Gasteiger partial charge >= 0.3 is 0 Å². The fraction of sp³-hybridized carbons (Fsp3) is 1.00. The van der Waals surface area contributed by atoms with Crippen LogP contribution in [0, 0.1) is 5.92 Å². The number of hydrogen-bond acceptors (Lipinski definition) is 3. The average molecular weight is 215 g/mol. The molecule has 0 saturated heterocycles. The first-order valence-electron chi connectivity index (χ1n) is 6.04. The summed E-state index contributed by atoms with van der Waals surface area (Å²) < 4.78 is 0. The van der Waals surface area contributed by atoms with Crippen molar-refractivity contribution in [2.45, 2.75) is 39.8 Å². The Kier molecular flexibility index (Phi) is 7.14. The van der Waals surface area contributed by atoms with E-state index in [0.717, 1.165) is 19.6 Å². The van der Waals surface area contributed by atoms with Crippen LogP contribution in [0.3, 0.4) is 0 Å². The molecule has 0 radical (unpaired) electrons. The lowest BCUT2D eigenvalue weighted by atomic mass is 10.0. The van der Waals surface area contributed by atoms with Gasteiger partial charge in [-0.1, -0.05) is 20.8 Å². The Morgan fingerprint density at radius 1 is 1.13 bits per heavy atom. The largest absolute Gasteiger partial charge is 0.329 e. The maximum Gasteiger partial charge on any atom is 0.0244 e. The van der Waals surface area contributed by atoms with Gasteiger partial charge < -0.3 is 10.6 Å². The fourth-order valence-electron chi connectivity index (χ4n) is 2.30. The maximum absolute atomic E-state index is 5.86. The molecular weight excluding hydrogens is 186 g/mol. The van der Waals surface area contributed by atoms with Gasteiger partial charge in [-0.3, -0.25) is 4.90 Å². The van der Waals surface area contributed by atoms with Gasteiger partial charge in [0.2, 0.25) is 0 Å². The number of nitrogens with two attached hydrogens (primary N) is 1. The summed E-state index contributed by atoms with van der Waals surface area (Å²) in [6.45, 7) is 11.9. The van der Waals surface area contributed by atoms with Crippen LogP contribution >= 0.6 is 0 Å². The minimum absolute atomic E-state index is 0.505. The highest BCUT2D eigenvalue weighted by atomic mass is 15.2. The molecule has 0 aliphatic carbocycles. The van der Waals surface area contributed by atoms with Crippen molar-refractivity contribution >= 4 is 0 Å². The minimum Gasteiger partial charge on any atom is -0.329 e. The standard InChI is InChI=1S/C12H29N3/c1-7-15(11(4)9-14(5)6)12(8-13)10(2)3/h10-12H,7-9,13H2,1-6H3. The van der Waals surface area contributed by atoms with Crippen LogP contribution in [0.15, 0.2) is 0 Å². The number of hydrogen-bond donors (Lipinski definition) is 1. The van der Waals surface area contributed by atoms with E-state index in [4.69, 9.17) is 5.73 Å². The monoisotopic (exact) mass is 215 g/mol. The van der Waals surface area contributed by atoms with Gasteiger partial charge in [0.1, 0.15) is 0 Å². The minimum atomic E-state index is 0.505. The fourth-order valence-corrected chi connectivity index (χ4v) is 2.30. The van der Waals surface area contributed by atoms with Gasteiger partial charge in [-0.25, -0.2) is 0 Å². The number of rotatable bonds is 7. The molecule has 0 amide bonds. The van der Waals surface area contributed by atoms with Crippen molar-refractivity contribution in [2.75, 3.05) is 33.7 Å². The van der Waals surface area contributed by atoms with E-state index in [1.54, 1.807) is 0 Å². The van der Waals surface area contributed by atoms with Gasteiger partial charge in [-0.2, -0.15) is 0 Å². The molecule has 0 fully saturated rings. The molecule has 0 heterocycles. The first kappa shape index (κ1) is 14.9. The highest BCUT2D eigenvalue weighted by Gasteiger charge is 2.23. The summed E-state index contributed by atoms with van der Waals surface area (Å²) in [7, 11) is 4.24. The molecule has 92 valence electrons. The molecule has 0 aromatic carbocycles. The number of likely N-dealkylation sites (N-methyl/N-ethyl adjacent to an activating group) is 2. The van der Waals surface area contributed by atoms with Crippen LogP contribution in [0.4, 0.5) is 0 Å². The third kappa shape index (κ3) is 4.96. The van der Waals surface area contributed by atoms with E-state index in [2.05, 4.69) is 51.6 Å². The van der Waals surface area contributed by atoms with Crippen LogP contribution in [-0.4, -0.2) is 55.6 Å². The van der Waals surface area contributed by atoms with Crippen molar-refractivity contribution in [2.24, 2.45) is 11.7 Å². The van der Waals surface area contributed by atoms with Crippen LogP contribution in [-0.2, 0) is 0 Å². The highest BCUT2D eigenvalue weighted by molar-refractivity contribution is 4.80. The molecular formula is C12H29N3. The molecule has 3 heteroatoms. The van der Waals surface area contributed by atoms with Crippen molar-refractivity contribution in [3.63, 3.8) is 0 Å². The second kappa shape index (κ2) is 7.20. The van der Waals surface area contributed by atoms with Crippen LogP contribution in [0.2, 0.25) is 0 Å². The van der Waals surface area contributed by atoms with E-state index in [1.807, 2.05) is 0 Å². The predicted molar refractivity (Wildman–Crippen MR) is 68.1 cm³/mol. The Hall–Kier alpha value is -0.120. The molecule has 0 aliphatic rings. The first-order valence-corrected chi connectivity index (χ1v) is 6.04. The molecule has 0 spiro atoms. The van der Waals surface area contributed by atoms with Crippen LogP contribution < -0.4 is 5.73 Å². The summed E-state index contributed by atoms with van der Waals surface area (Å²) in [4.78, 5) is 4.76. The van der Waals surface area contributed by atoms with Crippen LogP contribution in [0.1, 0.15) is 27.7 Å². The Labute approximate surface area is 95.6 Å². The zero-order valence-electron chi connectivity index (χ0n) is 11.3. The van der Waals surface area contributed by atoms with Crippen molar-refractivity contribution in [3.8, 4) is 0 Å². The van der Waals surface area contributed by atoms with Gasteiger partial charge in [-0.15, -0.1) is 0 Å². The molecule has 0 aromatic rings. The SMILES string of the molecule is CCN(C(C)CN(C)C)C(CN)C(C)C. The summed E-state index contributed by atoms with van der Waals surface area (Å²) >= 11 is 0. The lowest BCUT2D eigenvalue weighted by Gasteiger charge is -2.38. The third-order valence-corrected chi connectivity index (χ3v) is 3.00. The Morgan fingerprint density at radius 2 is 1.67 bits per heavy atom. The smallest absolute Gasteiger partial charge is 0.0244 e. The molecule has 0 bridgehead atoms. The summed E-state index contributed by atoms with van der Waals surface area (Å²) in [6, 6.07) is 1.07. The average Bonchev–Trinajstić information content (AvgIpc) is 2.11. The van der Waals surface area contributed by atoms with Gasteiger partial charge in [0, 0.05) is 25.2 Å². The zero-order chi connectivity index (χ0) is 12.0. The molecule has 0 saturated carbocycles. The predicted octanol–water partition coefficient (Wildman–Crippen LogP) is 1.24. The lowest BCUT2D eigenvalue weighted by molar-refractivity contribution is 0.103. The zero-order valence-corrected chi connectivity index (χ0v) is 11.3. The topological polar surface area (TPSA) is 32.5 Å². The molecule has 15 heavy (non-hydrogen) atoms. The Bertz CT molecular complexity index is 157. The third-order valence-electron chi connectivity index (χ3n) is 3.00. The van der Waals surface area contributed by atoms with Crippen molar-refractivity contribution in [1.29, 1.82) is 0 Å². The van der Waals surface area contributed by atoms with E-state index < -0.39 is 0 Å². The van der Waals surface area contributed by atoms with Gasteiger partial charge in [-0.05, 0) is 33.5 Å². The quantitative estimate of drug-likeness (QED) is 0.693. The molecule has 2 atom stereocenters. The van der Waals surface area contributed by atoms with E-state index >= 15 is 0 Å². The van der Waals surface area contributed by atoms with Gasteiger partial charge in [0.15, 0.2) is 0 Å². The van der Waals surface area contributed by atoms with Crippen LogP contribution in [0.25, 0.3) is 0 Å². The van der Waals surface area contributed by atoms with E-state index in [-0.39, 0.29) is 0 Å². The summed E-state index contributed by atoms with van der Waals surface area (Å²) in [5, 5.41) is 0. The van der Waals surface area contributed by atoms with Crippen molar-refractivity contribution in [1.82, 2.24) is 9.80 Å². The second-order valence-corrected chi connectivity index (χ2v) is 4.99. The summed E-state index contributed by atoms with van der Waals surface area (Å²) in [6.07, 6.45) is 0. The van der Waals surface area contributed by atoms with Crippen molar-refractivity contribution < 1.29 is 0 Å². The van der Waals surface area contributed by atoms with E-state index in [1.165, 1.54) is 0 Å². The summed E-state index contributed by atoms with van der Waals surface area (Å²) in [5.41, 5.74) is 5.86. The van der Waals surface area contributed by atoms with E-state index in [0.29, 0.717) is 18.0 Å². The first-order chi connectivity index (χ1) is 6.93. The second-order valence-electron chi connectivity index (χ2n) is 4.99. The Morgan fingerprint density at radius 3 is 1.93 bits per heavy atom. The highest BCUT2D eigenvalue weighted by Crippen LogP contribution is 2.13. The molecule has 2 unspecified atom stereocenters. The Balaban J connectivity index is 4.43. The van der Waals surface area contributed by atoms with Crippen LogP contribution in [0.5, 0.6) is 0 Å². The molecule has 0 aliphatic heterocycles. The van der Waals surface area contributed by atoms with Gasteiger partial charge in [0.05, 0.1) is 0 Å².